The van der Waals surface area contributed by atoms with Crippen LogP contribution in [0.1, 0.15) is 17.0 Å². The number of hydrogen-bond acceptors (Lipinski definition) is 2. The Morgan fingerprint density at radius 2 is 1.50 bits per heavy atom. The largest absolute Gasteiger partial charge is 0.351 e. The van der Waals surface area contributed by atoms with Crippen LogP contribution in [-0.2, 0) is 11.2 Å². The van der Waals surface area contributed by atoms with Gasteiger partial charge in [-0.2, -0.15) is 0 Å². The maximum absolute atomic E-state index is 12.1. The number of urea groups is 1. The van der Waals surface area contributed by atoms with Crippen molar-refractivity contribution in [2.24, 2.45) is 5.73 Å². The van der Waals surface area contributed by atoms with Crippen LogP contribution in [0.5, 0.6) is 0 Å². The van der Waals surface area contributed by atoms with Gasteiger partial charge < -0.3 is 5.73 Å². The summed E-state index contributed by atoms with van der Waals surface area (Å²) in [7, 11) is 0. The van der Waals surface area contributed by atoms with Gasteiger partial charge >= 0.3 is 6.03 Å². The Hall–Kier alpha value is -2.62. The molecule has 0 saturated heterocycles. The lowest BCUT2D eigenvalue weighted by atomic mass is 9.91. The molecule has 2 aromatic rings. The number of benzene rings is 2. The fourth-order valence-electron chi connectivity index (χ4n) is 2.11. The first-order valence-electron chi connectivity index (χ1n) is 6.36. The highest BCUT2D eigenvalue weighted by molar-refractivity contribution is 5.97. The Balaban J connectivity index is 2.25. The first-order valence-corrected chi connectivity index (χ1v) is 6.36. The highest BCUT2D eigenvalue weighted by atomic mass is 16.2. The van der Waals surface area contributed by atoms with Crippen LogP contribution in [0.4, 0.5) is 4.79 Å². The average Bonchev–Trinajstić information content (AvgIpc) is 2.46. The van der Waals surface area contributed by atoms with Crippen molar-refractivity contribution < 1.29 is 9.59 Å². The Morgan fingerprint density at radius 1 is 0.950 bits per heavy atom. The zero-order valence-electron chi connectivity index (χ0n) is 11.0. The molecule has 0 aliphatic carbocycles. The zero-order chi connectivity index (χ0) is 14.4. The van der Waals surface area contributed by atoms with Crippen LogP contribution in [0.2, 0.25) is 0 Å². The Bertz CT molecular complexity index is 582. The lowest BCUT2D eigenvalue weighted by molar-refractivity contribution is -0.121. The van der Waals surface area contributed by atoms with E-state index in [1.54, 1.807) is 0 Å². The third-order valence-electron chi connectivity index (χ3n) is 3.05. The molecule has 3 amide bonds. The second-order valence-electron chi connectivity index (χ2n) is 4.51. The molecule has 102 valence electrons. The number of nitrogens with two attached hydrogens (primary N) is 1. The quantitative estimate of drug-likeness (QED) is 0.892. The van der Waals surface area contributed by atoms with Crippen LogP contribution >= 0.6 is 0 Å². The number of nitrogens with one attached hydrogen (secondary N) is 1. The topological polar surface area (TPSA) is 72.2 Å². The molecule has 4 nitrogen and oxygen atoms in total. The SMILES string of the molecule is NC(=O)NC(=O)[C@H](Cc1ccccc1)c1ccccc1. The summed E-state index contributed by atoms with van der Waals surface area (Å²) in [5.41, 5.74) is 6.92. The molecule has 3 N–H and O–H groups in total. The molecule has 0 aliphatic rings. The van der Waals surface area contributed by atoms with Crippen molar-refractivity contribution in [1.82, 2.24) is 5.32 Å². The maximum Gasteiger partial charge on any atom is 0.318 e. The molecule has 0 spiro atoms. The van der Waals surface area contributed by atoms with Crippen LogP contribution in [0.25, 0.3) is 0 Å². The van der Waals surface area contributed by atoms with Crippen molar-refractivity contribution >= 4 is 11.9 Å². The number of hydrogen-bond donors (Lipinski definition) is 2. The van der Waals surface area contributed by atoms with Gasteiger partial charge in [-0.3, -0.25) is 10.1 Å². The molecule has 0 bridgehead atoms. The second-order valence-corrected chi connectivity index (χ2v) is 4.51. The van der Waals surface area contributed by atoms with Crippen molar-refractivity contribution in [3.63, 3.8) is 0 Å². The van der Waals surface area contributed by atoms with E-state index in [0.717, 1.165) is 11.1 Å². The minimum atomic E-state index is -0.830. The summed E-state index contributed by atoms with van der Waals surface area (Å²) in [5, 5.41) is 2.16. The van der Waals surface area contributed by atoms with Gasteiger partial charge in [0.1, 0.15) is 0 Å². The molecular formula is C16H16N2O2. The van der Waals surface area contributed by atoms with Gasteiger partial charge in [-0.1, -0.05) is 60.7 Å². The normalized spacial score (nSPS) is 11.6. The molecule has 4 heteroatoms. The predicted molar refractivity (Wildman–Crippen MR) is 77.1 cm³/mol. The molecule has 0 heterocycles. The summed E-state index contributed by atoms with van der Waals surface area (Å²) in [6, 6.07) is 18.2. The van der Waals surface area contributed by atoms with Crippen molar-refractivity contribution in [2.45, 2.75) is 12.3 Å². The number of rotatable bonds is 4. The van der Waals surface area contributed by atoms with Crippen molar-refractivity contribution in [2.75, 3.05) is 0 Å². The summed E-state index contributed by atoms with van der Waals surface area (Å²) in [6.45, 7) is 0. The lowest BCUT2D eigenvalue weighted by Crippen LogP contribution is -2.38. The van der Waals surface area contributed by atoms with Gasteiger partial charge in [-0.15, -0.1) is 0 Å². The van der Waals surface area contributed by atoms with Crippen molar-refractivity contribution in [3.05, 3.63) is 71.8 Å². The van der Waals surface area contributed by atoms with E-state index in [0.29, 0.717) is 6.42 Å². The van der Waals surface area contributed by atoms with Gasteiger partial charge in [0.25, 0.3) is 0 Å². The summed E-state index contributed by atoms with van der Waals surface area (Å²) >= 11 is 0. The van der Waals surface area contributed by atoms with Crippen LogP contribution in [0.3, 0.4) is 0 Å². The van der Waals surface area contributed by atoms with E-state index in [1.165, 1.54) is 0 Å². The van der Waals surface area contributed by atoms with E-state index in [-0.39, 0.29) is 5.91 Å². The Morgan fingerprint density at radius 3 is 2.05 bits per heavy atom. The molecule has 20 heavy (non-hydrogen) atoms. The highest BCUT2D eigenvalue weighted by Gasteiger charge is 2.21. The smallest absolute Gasteiger partial charge is 0.318 e. The van der Waals surface area contributed by atoms with Crippen LogP contribution < -0.4 is 11.1 Å². The molecular weight excluding hydrogens is 252 g/mol. The van der Waals surface area contributed by atoms with Gasteiger partial charge in [0.2, 0.25) is 5.91 Å². The first kappa shape index (κ1) is 13.8. The summed E-state index contributed by atoms with van der Waals surface area (Å²) in [6.07, 6.45) is 0.518. The fourth-order valence-corrected chi connectivity index (χ4v) is 2.11. The van der Waals surface area contributed by atoms with Crippen molar-refractivity contribution in [1.29, 1.82) is 0 Å². The number of carbonyl (C=O) groups is 2. The standard InChI is InChI=1S/C16H16N2O2/c17-16(20)18-15(19)14(13-9-5-2-6-10-13)11-12-7-3-1-4-8-12/h1-10,14H,11H2,(H3,17,18,19,20)/t14-/m1/s1. The van der Waals surface area contributed by atoms with Crippen LogP contribution in [0, 0.1) is 0 Å². The van der Waals surface area contributed by atoms with Gasteiger partial charge in [-0.05, 0) is 17.5 Å². The molecule has 0 fully saturated rings. The zero-order valence-corrected chi connectivity index (χ0v) is 11.0. The van der Waals surface area contributed by atoms with E-state index in [4.69, 9.17) is 5.73 Å². The molecule has 2 rings (SSSR count). The van der Waals surface area contributed by atoms with Crippen LogP contribution in [-0.4, -0.2) is 11.9 Å². The third-order valence-corrected chi connectivity index (χ3v) is 3.05. The predicted octanol–water partition coefficient (Wildman–Crippen LogP) is 2.21. The average molecular weight is 268 g/mol. The highest BCUT2D eigenvalue weighted by Crippen LogP contribution is 2.21. The van der Waals surface area contributed by atoms with E-state index >= 15 is 0 Å². The number of imide groups is 1. The summed E-state index contributed by atoms with van der Waals surface area (Å²) in [5.74, 6) is -0.821. The summed E-state index contributed by atoms with van der Waals surface area (Å²) < 4.78 is 0. The minimum Gasteiger partial charge on any atom is -0.351 e. The maximum atomic E-state index is 12.1. The molecule has 1 atom stereocenters. The first-order chi connectivity index (χ1) is 9.66. The van der Waals surface area contributed by atoms with E-state index in [1.807, 2.05) is 60.7 Å². The Labute approximate surface area is 117 Å². The van der Waals surface area contributed by atoms with Gasteiger partial charge in [0.05, 0.1) is 5.92 Å². The molecule has 0 unspecified atom stereocenters. The van der Waals surface area contributed by atoms with Gasteiger partial charge in [0, 0.05) is 0 Å². The molecule has 0 aromatic heterocycles. The van der Waals surface area contributed by atoms with Gasteiger partial charge in [-0.25, -0.2) is 4.79 Å². The van der Waals surface area contributed by atoms with E-state index in [2.05, 4.69) is 5.32 Å². The lowest BCUT2D eigenvalue weighted by Gasteiger charge is -2.16. The molecule has 0 saturated carbocycles. The number of primary amides is 1. The molecule has 2 aromatic carbocycles. The second kappa shape index (κ2) is 6.52. The molecule has 0 radical (unpaired) electrons. The fraction of sp³-hybridized carbons (Fsp3) is 0.125. The van der Waals surface area contributed by atoms with Crippen LogP contribution in [0.15, 0.2) is 60.7 Å². The molecule has 0 aliphatic heterocycles. The monoisotopic (exact) mass is 268 g/mol. The number of carbonyl (C=O) groups excluding carboxylic acids is 2. The number of amides is 3. The van der Waals surface area contributed by atoms with E-state index in [9.17, 15) is 9.59 Å². The summed E-state index contributed by atoms with van der Waals surface area (Å²) in [4.78, 5) is 23.0. The van der Waals surface area contributed by atoms with Crippen molar-refractivity contribution in [3.8, 4) is 0 Å². The van der Waals surface area contributed by atoms with E-state index < -0.39 is 11.9 Å². The van der Waals surface area contributed by atoms with Gasteiger partial charge in [0.15, 0.2) is 0 Å². The Kier molecular flexibility index (Phi) is 4.50. The minimum absolute atomic E-state index is 0.382. The third kappa shape index (κ3) is 3.68.